The quantitative estimate of drug-likeness (QED) is 0.283. The Morgan fingerprint density at radius 3 is 2.26 bits per heavy atom. The van der Waals surface area contributed by atoms with Gasteiger partial charge in [0.2, 0.25) is 11.8 Å². The summed E-state index contributed by atoms with van der Waals surface area (Å²) in [5.74, 6) is -1.95. The molecule has 4 aromatic carbocycles. The van der Waals surface area contributed by atoms with E-state index in [4.69, 9.17) is 4.74 Å². The van der Waals surface area contributed by atoms with Gasteiger partial charge in [-0.2, -0.15) is 0 Å². The Morgan fingerprint density at radius 1 is 0.830 bits per heavy atom. The lowest BCUT2D eigenvalue weighted by Crippen LogP contribution is -2.55. The molecule has 0 radical (unpaired) electrons. The summed E-state index contributed by atoms with van der Waals surface area (Å²) in [6, 6.07) is 26.8. The highest BCUT2D eigenvalue weighted by molar-refractivity contribution is 6.01. The van der Waals surface area contributed by atoms with Gasteiger partial charge in [0.15, 0.2) is 0 Å². The summed E-state index contributed by atoms with van der Waals surface area (Å²) in [5, 5.41) is 12.2. The lowest BCUT2D eigenvalue weighted by Gasteiger charge is -2.37. The number of carboxylic acid groups (broad SMARTS) is 1. The summed E-state index contributed by atoms with van der Waals surface area (Å²) in [7, 11) is 0. The van der Waals surface area contributed by atoms with E-state index in [1.54, 1.807) is 26.8 Å². The first kappa shape index (κ1) is 31.8. The maximum absolute atomic E-state index is 14.5. The Balaban J connectivity index is 1.32. The van der Waals surface area contributed by atoms with Gasteiger partial charge in [-0.25, -0.2) is 9.59 Å². The molecule has 4 aromatic rings. The highest BCUT2D eigenvalue weighted by Gasteiger charge is 2.43. The third-order valence-corrected chi connectivity index (χ3v) is 8.86. The molecule has 2 atom stereocenters. The van der Waals surface area contributed by atoms with Crippen LogP contribution >= 0.6 is 0 Å². The largest absolute Gasteiger partial charge is 0.480 e. The molecule has 0 aromatic heterocycles. The van der Waals surface area contributed by atoms with E-state index in [-0.39, 0.29) is 32.5 Å². The Labute approximate surface area is 274 Å². The number of ether oxygens (including phenoxy) is 1. The van der Waals surface area contributed by atoms with Crippen LogP contribution in [-0.4, -0.2) is 69.6 Å². The SMILES string of the molecule is CC(C)(C)OC(=O)N1c2ccccc2C[C@@H]1C(=O)N(CCc1ccccc1)CC(=O)N1Cc2c(ccc3ccccc23)CC1C(=O)O. The Morgan fingerprint density at radius 2 is 1.51 bits per heavy atom. The summed E-state index contributed by atoms with van der Waals surface area (Å²) in [5.41, 5.74) is 3.44. The minimum atomic E-state index is -1.10. The van der Waals surface area contributed by atoms with E-state index in [0.717, 1.165) is 33.0 Å². The number of anilines is 1. The third-order valence-electron chi connectivity index (χ3n) is 8.86. The molecule has 2 heterocycles. The monoisotopic (exact) mass is 633 g/mol. The molecule has 242 valence electrons. The van der Waals surface area contributed by atoms with Gasteiger partial charge in [-0.1, -0.05) is 84.9 Å². The fourth-order valence-electron chi connectivity index (χ4n) is 6.60. The molecule has 0 saturated heterocycles. The van der Waals surface area contributed by atoms with Crippen molar-refractivity contribution in [1.29, 1.82) is 0 Å². The number of amides is 3. The van der Waals surface area contributed by atoms with E-state index in [1.165, 1.54) is 14.7 Å². The molecule has 1 unspecified atom stereocenters. The zero-order chi connectivity index (χ0) is 33.3. The third kappa shape index (κ3) is 6.70. The van der Waals surface area contributed by atoms with Crippen LogP contribution in [0.4, 0.5) is 10.5 Å². The number of carbonyl (C=O) groups is 4. The summed E-state index contributed by atoms with van der Waals surface area (Å²) < 4.78 is 5.73. The molecule has 47 heavy (non-hydrogen) atoms. The predicted octanol–water partition coefficient (Wildman–Crippen LogP) is 5.62. The molecule has 9 nitrogen and oxygen atoms in total. The number of para-hydroxylation sites is 1. The van der Waals surface area contributed by atoms with E-state index in [9.17, 15) is 24.3 Å². The van der Waals surface area contributed by atoms with Gasteiger partial charge in [0, 0.05) is 25.9 Å². The Kier molecular flexibility index (Phi) is 8.73. The summed E-state index contributed by atoms with van der Waals surface area (Å²) in [4.78, 5) is 59.0. The molecule has 2 aliphatic rings. The van der Waals surface area contributed by atoms with Crippen LogP contribution in [0, 0.1) is 0 Å². The average molecular weight is 634 g/mol. The van der Waals surface area contributed by atoms with Crippen molar-refractivity contribution in [1.82, 2.24) is 9.80 Å². The number of carboxylic acids is 1. The van der Waals surface area contributed by atoms with Gasteiger partial charge in [0.25, 0.3) is 0 Å². The number of hydrogen-bond donors (Lipinski definition) is 1. The van der Waals surface area contributed by atoms with Crippen molar-refractivity contribution in [2.24, 2.45) is 0 Å². The first-order valence-corrected chi connectivity index (χ1v) is 15.9. The van der Waals surface area contributed by atoms with Gasteiger partial charge >= 0.3 is 12.1 Å². The fraction of sp³-hybridized carbons (Fsp3) is 0.316. The highest BCUT2D eigenvalue weighted by Crippen LogP contribution is 2.35. The van der Waals surface area contributed by atoms with Crippen molar-refractivity contribution >= 4 is 40.3 Å². The Hall–Kier alpha value is -5.18. The van der Waals surface area contributed by atoms with Gasteiger partial charge in [-0.3, -0.25) is 14.5 Å². The van der Waals surface area contributed by atoms with Crippen LogP contribution in [0.2, 0.25) is 0 Å². The van der Waals surface area contributed by atoms with Crippen molar-refractivity contribution in [2.45, 2.75) is 64.3 Å². The molecule has 6 rings (SSSR count). The van der Waals surface area contributed by atoms with Crippen LogP contribution in [-0.2, 0) is 44.9 Å². The lowest BCUT2D eigenvalue weighted by atomic mass is 9.90. The number of carbonyl (C=O) groups excluding carboxylic acids is 3. The lowest BCUT2D eigenvalue weighted by molar-refractivity contribution is -0.153. The molecule has 0 bridgehead atoms. The first-order chi connectivity index (χ1) is 22.5. The van der Waals surface area contributed by atoms with E-state index in [1.807, 2.05) is 84.9 Å². The average Bonchev–Trinajstić information content (AvgIpc) is 3.45. The number of rotatable bonds is 7. The minimum Gasteiger partial charge on any atom is -0.480 e. The first-order valence-electron chi connectivity index (χ1n) is 15.9. The number of aliphatic carboxylic acids is 1. The van der Waals surface area contributed by atoms with E-state index in [2.05, 4.69) is 0 Å². The van der Waals surface area contributed by atoms with Gasteiger partial charge in [0.05, 0.1) is 12.2 Å². The van der Waals surface area contributed by atoms with Crippen LogP contribution < -0.4 is 4.90 Å². The topological polar surface area (TPSA) is 107 Å². The second-order valence-electron chi connectivity index (χ2n) is 13.2. The van der Waals surface area contributed by atoms with Crippen molar-refractivity contribution in [3.05, 3.63) is 113 Å². The molecular formula is C38H39N3O6. The molecular weight excluding hydrogens is 594 g/mol. The molecule has 0 saturated carbocycles. The minimum absolute atomic E-state index is 0.117. The van der Waals surface area contributed by atoms with E-state index in [0.29, 0.717) is 12.1 Å². The van der Waals surface area contributed by atoms with Gasteiger partial charge in [-0.15, -0.1) is 0 Å². The van der Waals surface area contributed by atoms with Crippen molar-refractivity contribution in [3.63, 3.8) is 0 Å². The van der Waals surface area contributed by atoms with E-state index >= 15 is 0 Å². The molecule has 3 amide bonds. The number of hydrogen-bond acceptors (Lipinski definition) is 5. The molecule has 0 aliphatic carbocycles. The van der Waals surface area contributed by atoms with Crippen LogP contribution in [0.15, 0.2) is 91.0 Å². The van der Waals surface area contributed by atoms with Gasteiger partial charge in [0.1, 0.15) is 17.7 Å². The predicted molar refractivity (Wildman–Crippen MR) is 179 cm³/mol. The summed E-state index contributed by atoms with van der Waals surface area (Å²) in [6.07, 6.45) is 0.275. The second kappa shape index (κ2) is 12.9. The van der Waals surface area contributed by atoms with Gasteiger partial charge < -0.3 is 19.6 Å². The molecule has 0 spiro atoms. The standard InChI is InChI=1S/C38H39N3O6/c1-38(2,3)47-37(46)41-31-16-10-8-14-28(31)22-32(41)35(43)39(20-19-25-11-5-4-6-12-25)24-34(42)40-23-30-27(21-33(40)36(44)45)18-17-26-13-7-9-15-29(26)30/h4-18,32-33H,19-24H2,1-3H3,(H,44,45)/t32-,33?/m1/s1. The molecule has 2 aliphatic heterocycles. The highest BCUT2D eigenvalue weighted by atomic mass is 16.6. The number of fused-ring (bicyclic) bond motifs is 4. The molecule has 1 N–H and O–H groups in total. The number of nitrogens with zero attached hydrogens (tertiary/aromatic N) is 3. The maximum Gasteiger partial charge on any atom is 0.415 e. The van der Waals surface area contributed by atoms with E-state index < -0.39 is 41.6 Å². The molecule has 9 heteroatoms. The van der Waals surface area contributed by atoms with Crippen LogP contribution in [0.25, 0.3) is 10.8 Å². The van der Waals surface area contributed by atoms with Crippen LogP contribution in [0.5, 0.6) is 0 Å². The number of benzene rings is 4. The fourth-order valence-corrected chi connectivity index (χ4v) is 6.60. The smallest absolute Gasteiger partial charge is 0.415 e. The zero-order valence-electron chi connectivity index (χ0n) is 26.9. The summed E-state index contributed by atoms with van der Waals surface area (Å²) in [6.45, 7) is 5.31. The zero-order valence-corrected chi connectivity index (χ0v) is 26.9. The Bertz CT molecular complexity index is 1830. The summed E-state index contributed by atoms with van der Waals surface area (Å²) >= 11 is 0. The van der Waals surface area contributed by atoms with Crippen LogP contribution in [0.1, 0.15) is 43.0 Å². The van der Waals surface area contributed by atoms with Gasteiger partial charge in [-0.05, 0) is 66.3 Å². The second-order valence-corrected chi connectivity index (χ2v) is 13.2. The van der Waals surface area contributed by atoms with Crippen molar-refractivity contribution in [2.75, 3.05) is 18.0 Å². The van der Waals surface area contributed by atoms with Crippen LogP contribution in [0.3, 0.4) is 0 Å². The maximum atomic E-state index is 14.5. The van der Waals surface area contributed by atoms with Crippen molar-refractivity contribution < 1.29 is 29.0 Å². The molecule has 0 fully saturated rings. The normalized spacial score (nSPS) is 17.2. The van der Waals surface area contributed by atoms with Crippen molar-refractivity contribution in [3.8, 4) is 0 Å².